The van der Waals surface area contributed by atoms with Crippen LogP contribution in [0.3, 0.4) is 0 Å². The molecule has 1 amide bonds. The lowest BCUT2D eigenvalue weighted by atomic mass is 10.1. The molecule has 3 rings (SSSR count). The maximum absolute atomic E-state index is 12.5. The van der Waals surface area contributed by atoms with Crippen LogP contribution >= 0.6 is 0 Å². The highest BCUT2D eigenvalue weighted by atomic mass is 16.1. The molecule has 0 saturated heterocycles. The van der Waals surface area contributed by atoms with Crippen LogP contribution in [0.25, 0.3) is 11.3 Å². The van der Waals surface area contributed by atoms with Crippen molar-refractivity contribution in [1.29, 1.82) is 0 Å². The Morgan fingerprint density at radius 1 is 1.04 bits per heavy atom. The van der Waals surface area contributed by atoms with Crippen LogP contribution in [0.1, 0.15) is 34.4 Å². The molecule has 6 nitrogen and oxygen atoms in total. The maximum Gasteiger partial charge on any atom is 0.251 e. The van der Waals surface area contributed by atoms with Crippen molar-refractivity contribution in [2.45, 2.75) is 40.3 Å². The number of hydrogen-bond donors (Lipinski definition) is 1. The number of carbonyl (C=O) groups excluding carboxylic acids is 1. The van der Waals surface area contributed by atoms with Crippen LogP contribution in [-0.4, -0.2) is 31.9 Å². The van der Waals surface area contributed by atoms with E-state index in [2.05, 4.69) is 20.6 Å². The minimum Gasteiger partial charge on any atom is -0.348 e. The van der Waals surface area contributed by atoms with Gasteiger partial charge in [-0.15, -0.1) is 0 Å². The number of hydrogen-bond acceptors (Lipinski definition) is 4. The third-order valence-corrected chi connectivity index (χ3v) is 4.17. The smallest absolute Gasteiger partial charge is 0.251 e. The molecule has 26 heavy (non-hydrogen) atoms. The summed E-state index contributed by atoms with van der Waals surface area (Å²) in [6.45, 7) is 8.50. The Balaban J connectivity index is 1.64. The number of rotatable bonds is 5. The van der Waals surface area contributed by atoms with Crippen molar-refractivity contribution >= 4 is 5.91 Å². The van der Waals surface area contributed by atoms with E-state index >= 15 is 0 Å². The average Bonchev–Trinajstić information content (AvgIpc) is 2.92. The summed E-state index contributed by atoms with van der Waals surface area (Å²) >= 11 is 0. The molecule has 0 fully saturated rings. The van der Waals surface area contributed by atoms with Gasteiger partial charge in [0.2, 0.25) is 0 Å². The number of aromatic nitrogens is 4. The Bertz CT molecular complexity index is 897. The van der Waals surface area contributed by atoms with E-state index in [0.29, 0.717) is 12.1 Å². The Labute approximate surface area is 153 Å². The van der Waals surface area contributed by atoms with Crippen LogP contribution in [0, 0.1) is 20.8 Å². The van der Waals surface area contributed by atoms with Crippen LogP contribution in [0.5, 0.6) is 0 Å². The molecule has 0 spiro atoms. The summed E-state index contributed by atoms with van der Waals surface area (Å²) in [5.74, 6) is -0.0967. The van der Waals surface area contributed by atoms with E-state index in [0.717, 1.165) is 28.3 Å². The van der Waals surface area contributed by atoms with Gasteiger partial charge in [0.15, 0.2) is 0 Å². The molecule has 0 saturated carbocycles. The van der Waals surface area contributed by atoms with Gasteiger partial charge in [-0.05, 0) is 58.0 Å². The molecular formula is C20H23N5O. The van der Waals surface area contributed by atoms with Gasteiger partial charge in [0.25, 0.3) is 5.91 Å². The van der Waals surface area contributed by atoms with Gasteiger partial charge in [-0.1, -0.05) is 12.1 Å². The first-order valence-corrected chi connectivity index (χ1v) is 8.65. The zero-order chi connectivity index (χ0) is 18.7. The Hall–Kier alpha value is -3.02. The van der Waals surface area contributed by atoms with Gasteiger partial charge >= 0.3 is 0 Å². The molecule has 0 aliphatic rings. The second-order valence-corrected chi connectivity index (χ2v) is 6.62. The Morgan fingerprint density at radius 2 is 1.77 bits per heavy atom. The minimum atomic E-state index is -0.0967. The van der Waals surface area contributed by atoms with Crippen molar-refractivity contribution in [1.82, 2.24) is 25.3 Å². The molecule has 134 valence electrons. The van der Waals surface area contributed by atoms with Crippen molar-refractivity contribution in [3.05, 3.63) is 65.1 Å². The van der Waals surface area contributed by atoms with Crippen LogP contribution in [0.4, 0.5) is 0 Å². The van der Waals surface area contributed by atoms with Crippen molar-refractivity contribution in [3.63, 3.8) is 0 Å². The monoisotopic (exact) mass is 349 g/mol. The molecule has 6 heteroatoms. The van der Waals surface area contributed by atoms with Gasteiger partial charge < -0.3 is 5.32 Å². The van der Waals surface area contributed by atoms with Gasteiger partial charge in [-0.3, -0.25) is 9.48 Å². The molecule has 0 aliphatic carbocycles. The number of benzene rings is 1. The lowest BCUT2D eigenvalue weighted by Gasteiger charge is -2.15. The fraction of sp³-hybridized carbons (Fsp3) is 0.300. The second-order valence-electron chi connectivity index (χ2n) is 6.62. The fourth-order valence-electron chi connectivity index (χ4n) is 2.82. The predicted molar refractivity (Wildman–Crippen MR) is 101 cm³/mol. The van der Waals surface area contributed by atoms with E-state index in [-0.39, 0.29) is 11.9 Å². The summed E-state index contributed by atoms with van der Waals surface area (Å²) in [5, 5.41) is 15.7. The van der Waals surface area contributed by atoms with E-state index < -0.39 is 0 Å². The van der Waals surface area contributed by atoms with Gasteiger partial charge in [0.05, 0.1) is 23.6 Å². The number of aryl methyl sites for hydroxylation is 3. The number of amides is 1. The van der Waals surface area contributed by atoms with E-state index in [1.165, 1.54) is 0 Å². The summed E-state index contributed by atoms with van der Waals surface area (Å²) in [6.07, 6.45) is 0. The first kappa shape index (κ1) is 17.8. The predicted octanol–water partition coefficient (Wildman–Crippen LogP) is 3.08. The summed E-state index contributed by atoms with van der Waals surface area (Å²) in [7, 11) is 0. The van der Waals surface area contributed by atoms with Gasteiger partial charge in [0, 0.05) is 22.9 Å². The average molecular weight is 349 g/mol. The number of carbonyl (C=O) groups is 1. The van der Waals surface area contributed by atoms with Crippen LogP contribution in [-0.2, 0) is 6.54 Å². The lowest BCUT2D eigenvalue weighted by molar-refractivity contribution is 0.0936. The van der Waals surface area contributed by atoms with Crippen LogP contribution in [0.2, 0.25) is 0 Å². The normalized spacial score (nSPS) is 12.0. The highest BCUT2D eigenvalue weighted by molar-refractivity contribution is 5.94. The van der Waals surface area contributed by atoms with E-state index in [1.54, 1.807) is 0 Å². The molecule has 1 aromatic carbocycles. The Kier molecular flexibility index (Phi) is 5.11. The van der Waals surface area contributed by atoms with Crippen molar-refractivity contribution in [2.75, 3.05) is 0 Å². The molecule has 1 N–H and O–H groups in total. The largest absolute Gasteiger partial charge is 0.348 e. The van der Waals surface area contributed by atoms with E-state index in [4.69, 9.17) is 0 Å². The number of nitrogens with zero attached hydrogens (tertiary/aromatic N) is 4. The SMILES string of the molecule is Cc1ccc(-c2ccc(C(=O)NC(C)Cn3nc(C)cc3C)cc2)nn1. The summed E-state index contributed by atoms with van der Waals surface area (Å²) in [6, 6.07) is 13.2. The molecule has 2 heterocycles. The fourth-order valence-corrected chi connectivity index (χ4v) is 2.82. The summed E-state index contributed by atoms with van der Waals surface area (Å²) in [4.78, 5) is 12.5. The first-order chi connectivity index (χ1) is 12.4. The third kappa shape index (κ3) is 4.14. The number of nitrogens with one attached hydrogen (secondary N) is 1. The maximum atomic E-state index is 12.5. The van der Waals surface area contributed by atoms with Crippen LogP contribution < -0.4 is 5.32 Å². The second kappa shape index (κ2) is 7.47. The quantitative estimate of drug-likeness (QED) is 0.768. The van der Waals surface area contributed by atoms with E-state index in [9.17, 15) is 4.79 Å². The van der Waals surface area contributed by atoms with Crippen molar-refractivity contribution in [3.8, 4) is 11.3 Å². The molecule has 3 aromatic rings. The molecule has 0 bridgehead atoms. The minimum absolute atomic E-state index is 0.0249. The summed E-state index contributed by atoms with van der Waals surface area (Å²) in [5.41, 5.74) is 5.29. The zero-order valence-corrected chi connectivity index (χ0v) is 15.5. The topological polar surface area (TPSA) is 72.7 Å². The van der Waals surface area contributed by atoms with Gasteiger partial charge in [-0.25, -0.2) is 0 Å². The molecule has 0 aliphatic heterocycles. The third-order valence-electron chi connectivity index (χ3n) is 4.17. The van der Waals surface area contributed by atoms with Crippen molar-refractivity contribution in [2.24, 2.45) is 0 Å². The van der Waals surface area contributed by atoms with Gasteiger partial charge in [0.1, 0.15) is 0 Å². The zero-order valence-electron chi connectivity index (χ0n) is 15.5. The first-order valence-electron chi connectivity index (χ1n) is 8.65. The van der Waals surface area contributed by atoms with Crippen molar-refractivity contribution < 1.29 is 4.79 Å². The molecule has 1 atom stereocenters. The van der Waals surface area contributed by atoms with E-state index in [1.807, 2.05) is 74.8 Å². The lowest BCUT2D eigenvalue weighted by Crippen LogP contribution is -2.36. The Morgan fingerprint density at radius 3 is 2.35 bits per heavy atom. The molecular weight excluding hydrogens is 326 g/mol. The van der Waals surface area contributed by atoms with Gasteiger partial charge in [-0.2, -0.15) is 15.3 Å². The molecule has 0 radical (unpaired) electrons. The summed E-state index contributed by atoms with van der Waals surface area (Å²) < 4.78 is 1.92. The highest BCUT2D eigenvalue weighted by Crippen LogP contribution is 2.17. The highest BCUT2D eigenvalue weighted by Gasteiger charge is 2.12. The molecule has 2 aromatic heterocycles. The molecule has 1 unspecified atom stereocenters. The van der Waals surface area contributed by atoms with Crippen LogP contribution in [0.15, 0.2) is 42.5 Å². The standard InChI is InChI=1S/C20H23N5O/c1-13-5-10-19(23-22-13)17-6-8-18(9-7-17)20(26)21-15(3)12-25-16(4)11-14(2)24-25/h5-11,15H,12H2,1-4H3,(H,21,26).